The highest BCUT2D eigenvalue weighted by Crippen LogP contribution is 2.15. The van der Waals surface area contributed by atoms with Gasteiger partial charge in [-0.25, -0.2) is 0 Å². The minimum Gasteiger partial charge on any atom is -0.303 e. The Balaban J connectivity index is 3.58. The van der Waals surface area contributed by atoms with Crippen molar-refractivity contribution in [2.24, 2.45) is 5.41 Å². The van der Waals surface area contributed by atoms with Crippen LogP contribution < -0.4 is 0 Å². The summed E-state index contributed by atoms with van der Waals surface area (Å²) in [5.74, 6) is 0. The molecule has 0 atom stereocenters. The van der Waals surface area contributed by atoms with Crippen molar-refractivity contribution < 1.29 is 0 Å². The summed E-state index contributed by atoms with van der Waals surface area (Å²) >= 11 is 0. The average molecular weight is 199 g/mol. The van der Waals surface area contributed by atoms with Gasteiger partial charge in [0.05, 0.1) is 0 Å². The minimum absolute atomic E-state index is 0.445. The average Bonchev–Trinajstić information content (AvgIpc) is 2.08. The lowest BCUT2D eigenvalue weighted by molar-refractivity contribution is 0.196. The number of hydrogen-bond donors (Lipinski definition) is 0. The van der Waals surface area contributed by atoms with Crippen LogP contribution in [0.1, 0.15) is 60.3 Å². The second kappa shape index (κ2) is 7.28. The van der Waals surface area contributed by atoms with Crippen molar-refractivity contribution in [1.29, 1.82) is 0 Å². The molecule has 86 valence electrons. The first-order valence-electron chi connectivity index (χ1n) is 6.22. The van der Waals surface area contributed by atoms with Gasteiger partial charge in [-0.1, -0.05) is 53.9 Å². The first-order valence-corrected chi connectivity index (χ1v) is 6.22. The summed E-state index contributed by atoms with van der Waals surface area (Å²) in [5, 5.41) is 0. The summed E-state index contributed by atoms with van der Waals surface area (Å²) in [6, 6.07) is 0. The molecule has 0 aliphatic rings. The fraction of sp³-hybridized carbons (Fsp3) is 1.00. The molecule has 0 aromatic carbocycles. The smallest absolute Gasteiger partial charge is 0.00299 e. The Morgan fingerprint density at radius 3 is 2.00 bits per heavy atom. The van der Waals surface area contributed by atoms with E-state index in [-0.39, 0.29) is 0 Å². The first kappa shape index (κ1) is 14.0. The lowest BCUT2D eigenvalue weighted by atomic mass is 9.96. The normalized spacial score (nSPS) is 12.4. The summed E-state index contributed by atoms with van der Waals surface area (Å²) in [5.41, 5.74) is 0.445. The van der Waals surface area contributed by atoms with E-state index in [1.54, 1.807) is 0 Å². The molecule has 14 heavy (non-hydrogen) atoms. The van der Waals surface area contributed by atoms with E-state index in [9.17, 15) is 0 Å². The topological polar surface area (TPSA) is 3.24 Å². The Morgan fingerprint density at radius 2 is 1.57 bits per heavy atom. The summed E-state index contributed by atoms with van der Waals surface area (Å²) in [7, 11) is 0. The van der Waals surface area contributed by atoms with Gasteiger partial charge in [-0.3, -0.25) is 0 Å². The molecule has 0 N–H and O–H groups in total. The van der Waals surface area contributed by atoms with Gasteiger partial charge >= 0.3 is 0 Å². The molecule has 0 fully saturated rings. The second-order valence-corrected chi connectivity index (χ2v) is 5.49. The third-order valence-corrected chi connectivity index (χ3v) is 2.47. The first-order chi connectivity index (χ1) is 6.49. The Bertz CT molecular complexity index is 124. The van der Waals surface area contributed by atoms with Crippen LogP contribution in [0.25, 0.3) is 0 Å². The highest BCUT2D eigenvalue weighted by Gasteiger charge is 2.14. The summed E-state index contributed by atoms with van der Waals surface area (Å²) in [6.45, 7) is 15.2. The van der Waals surface area contributed by atoms with Gasteiger partial charge in [0, 0.05) is 6.54 Å². The Labute approximate surface area is 90.9 Å². The molecule has 0 heterocycles. The van der Waals surface area contributed by atoms with E-state index in [4.69, 9.17) is 0 Å². The SMILES string of the molecule is CCCCCCN(CC)CC(C)(C)C. The molecule has 1 heteroatoms. The summed E-state index contributed by atoms with van der Waals surface area (Å²) < 4.78 is 0. The molecule has 0 radical (unpaired) electrons. The lowest BCUT2D eigenvalue weighted by Gasteiger charge is -2.28. The van der Waals surface area contributed by atoms with Crippen LogP contribution in [0, 0.1) is 5.41 Å². The maximum atomic E-state index is 2.58. The number of nitrogens with zero attached hydrogens (tertiary/aromatic N) is 1. The number of rotatable bonds is 7. The third kappa shape index (κ3) is 8.55. The van der Waals surface area contributed by atoms with Crippen LogP contribution in [0.3, 0.4) is 0 Å². The molecule has 0 aliphatic carbocycles. The maximum absolute atomic E-state index is 2.58. The summed E-state index contributed by atoms with van der Waals surface area (Å²) in [4.78, 5) is 2.58. The van der Waals surface area contributed by atoms with Gasteiger partial charge in [-0.15, -0.1) is 0 Å². The molecule has 0 aliphatic heterocycles. The fourth-order valence-corrected chi connectivity index (χ4v) is 1.78. The van der Waals surface area contributed by atoms with Crippen LogP contribution in [-0.2, 0) is 0 Å². The van der Waals surface area contributed by atoms with Crippen molar-refractivity contribution in [2.45, 2.75) is 60.3 Å². The van der Waals surface area contributed by atoms with Gasteiger partial charge in [-0.2, -0.15) is 0 Å². The molecule has 1 nitrogen and oxygen atoms in total. The van der Waals surface area contributed by atoms with Crippen molar-refractivity contribution in [1.82, 2.24) is 4.90 Å². The van der Waals surface area contributed by atoms with E-state index in [0.29, 0.717) is 5.41 Å². The Hall–Kier alpha value is -0.0400. The maximum Gasteiger partial charge on any atom is 0.00299 e. The summed E-state index contributed by atoms with van der Waals surface area (Å²) in [6.07, 6.45) is 5.51. The molecule has 0 spiro atoms. The number of unbranched alkanes of at least 4 members (excludes halogenated alkanes) is 3. The Kier molecular flexibility index (Phi) is 7.26. The predicted octanol–water partition coefficient (Wildman–Crippen LogP) is 3.93. The minimum atomic E-state index is 0.445. The van der Waals surface area contributed by atoms with E-state index in [2.05, 4.69) is 39.5 Å². The highest BCUT2D eigenvalue weighted by molar-refractivity contribution is 4.68. The van der Waals surface area contributed by atoms with Gasteiger partial charge in [-0.05, 0) is 24.9 Å². The standard InChI is InChI=1S/C13H29N/c1-6-8-9-10-11-14(7-2)12-13(3,4)5/h6-12H2,1-5H3. The zero-order chi connectivity index (χ0) is 11.0. The highest BCUT2D eigenvalue weighted by atomic mass is 15.1. The van der Waals surface area contributed by atoms with Gasteiger partial charge in [0.1, 0.15) is 0 Å². The van der Waals surface area contributed by atoms with E-state index < -0.39 is 0 Å². The molecule has 0 amide bonds. The molecular formula is C13H29N. The third-order valence-electron chi connectivity index (χ3n) is 2.47. The Morgan fingerprint density at radius 1 is 0.929 bits per heavy atom. The zero-order valence-electron chi connectivity index (χ0n) is 10.9. The van der Waals surface area contributed by atoms with Crippen molar-refractivity contribution in [3.8, 4) is 0 Å². The van der Waals surface area contributed by atoms with Crippen LogP contribution in [0.4, 0.5) is 0 Å². The molecule has 0 saturated carbocycles. The van der Waals surface area contributed by atoms with Crippen molar-refractivity contribution in [2.75, 3.05) is 19.6 Å². The van der Waals surface area contributed by atoms with Crippen molar-refractivity contribution in [3.05, 3.63) is 0 Å². The molecule has 0 rings (SSSR count). The molecule has 0 aromatic rings. The van der Waals surface area contributed by atoms with E-state index in [0.717, 1.165) is 0 Å². The van der Waals surface area contributed by atoms with Gasteiger partial charge < -0.3 is 4.90 Å². The van der Waals surface area contributed by atoms with E-state index in [1.807, 2.05) is 0 Å². The monoisotopic (exact) mass is 199 g/mol. The van der Waals surface area contributed by atoms with E-state index in [1.165, 1.54) is 45.3 Å². The van der Waals surface area contributed by atoms with Gasteiger partial charge in [0.15, 0.2) is 0 Å². The van der Waals surface area contributed by atoms with Crippen molar-refractivity contribution >= 4 is 0 Å². The molecule has 0 bridgehead atoms. The molecule has 0 aromatic heterocycles. The van der Waals surface area contributed by atoms with Crippen LogP contribution in [0.5, 0.6) is 0 Å². The quantitative estimate of drug-likeness (QED) is 0.561. The molecule has 0 unspecified atom stereocenters. The predicted molar refractivity (Wildman–Crippen MR) is 65.7 cm³/mol. The van der Waals surface area contributed by atoms with Crippen LogP contribution in [-0.4, -0.2) is 24.5 Å². The lowest BCUT2D eigenvalue weighted by Crippen LogP contribution is -2.33. The van der Waals surface area contributed by atoms with Crippen LogP contribution in [0.2, 0.25) is 0 Å². The largest absolute Gasteiger partial charge is 0.303 e. The second-order valence-electron chi connectivity index (χ2n) is 5.49. The van der Waals surface area contributed by atoms with Crippen molar-refractivity contribution in [3.63, 3.8) is 0 Å². The van der Waals surface area contributed by atoms with E-state index >= 15 is 0 Å². The molecular weight excluding hydrogens is 170 g/mol. The van der Waals surface area contributed by atoms with Gasteiger partial charge in [0.2, 0.25) is 0 Å². The van der Waals surface area contributed by atoms with Gasteiger partial charge in [0.25, 0.3) is 0 Å². The van der Waals surface area contributed by atoms with Crippen LogP contribution >= 0.6 is 0 Å². The fourth-order valence-electron chi connectivity index (χ4n) is 1.78. The van der Waals surface area contributed by atoms with Crippen LogP contribution in [0.15, 0.2) is 0 Å². The molecule has 0 saturated heterocycles. The zero-order valence-corrected chi connectivity index (χ0v) is 10.9. The number of hydrogen-bond acceptors (Lipinski definition) is 1.